The Hall–Kier alpha value is -2.09. The lowest BCUT2D eigenvalue weighted by Gasteiger charge is -2.23. The molecule has 1 saturated carbocycles. The molecular weight excluding hydrogens is 270 g/mol. The molecule has 0 saturated heterocycles. The van der Waals surface area contributed by atoms with Gasteiger partial charge in [0, 0.05) is 5.69 Å². The third kappa shape index (κ3) is 3.22. The van der Waals surface area contributed by atoms with Crippen LogP contribution in [0.4, 0.5) is 5.69 Å². The minimum Gasteiger partial charge on any atom is -0.325 e. The molecule has 1 amide bonds. The number of benzene rings is 2. The number of nitrogens with one attached hydrogen (secondary N) is 1. The molecule has 0 radical (unpaired) electrons. The molecule has 2 aromatic carbocycles. The Morgan fingerprint density at radius 3 is 2.32 bits per heavy atom. The smallest absolute Gasteiger partial charge is 0.232 e. The fraction of sp³-hybridized carbons (Fsp3) is 0.350. The second-order valence-electron chi connectivity index (χ2n) is 6.24. The van der Waals surface area contributed by atoms with Gasteiger partial charge in [0.15, 0.2) is 0 Å². The summed E-state index contributed by atoms with van der Waals surface area (Å²) in [4.78, 5) is 12.9. The van der Waals surface area contributed by atoms with E-state index in [0.29, 0.717) is 5.92 Å². The maximum atomic E-state index is 12.9. The third-order valence-corrected chi connectivity index (χ3v) is 4.72. The minimum atomic E-state index is -0.0386. The van der Waals surface area contributed by atoms with Crippen molar-refractivity contribution in [2.24, 2.45) is 5.92 Å². The van der Waals surface area contributed by atoms with Crippen LogP contribution in [0.1, 0.15) is 42.7 Å². The van der Waals surface area contributed by atoms with Crippen molar-refractivity contribution in [1.82, 2.24) is 0 Å². The van der Waals surface area contributed by atoms with E-state index in [2.05, 4.69) is 17.4 Å². The number of hydrogen-bond donors (Lipinski definition) is 1. The van der Waals surface area contributed by atoms with E-state index in [4.69, 9.17) is 0 Å². The van der Waals surface area contributed by atoms with Crippen LogP contribution in [0.5, 0.6) is 0 Å². The highest BCUT2D eigenvalue weighted by Gasteiger charge is 2.32. The van der Waals surface area contributed by atoms with Crippen LogP contribution in [0.25, 0.3) is 0 Å². The molecule has 0 spiro atoms. The van der Waals surface area contributed by atoms with Crippen molar-refractivity contribution in [3.63, 3.8) is 0 Å². The van der Waals surface area contributed by atoms with Crippen LogP contribution in [-0.2, 0) is 4.79 Å². The summed E-state index contributed by atoms with van der Waals surface area (Å²) in [7, 11) is 0. The van der Waals surface area contributed by atoms with Gasteiger partial charge in [-0.15, -0.1) is 0 Å². The fourth-order valence-electron chi connectivity index (χ4n) is 3.51. The van der Waals surface area contributed by atoms with Gasteiger partial charge in [-0.25, -0.2) is 0 Å². The van der Waals surface area contributed by atoms with Crippen molar-refractivity contribution >= 4 is 11.6 Å². The number of carbonyl (C=O) groups excluding carboxylic acids is 1. The maximum Gasteiger partial charge on any atom is 0.232 e. The molecule has 1 aliphatic rings. The fourth-order valence-corrected chi connectivity index (χ4v) is 3.51. The molecule has 0 unspecified atom stereocenters. The van der Waals surface area contributed by atoms with Gasteiger partial charge in [-0.3, -0.25) is 4.79 Å². The molecule has 1 N–H and O–H groups in total. The van der Waals surface area contributed by atoms with E-state index in [9.17, 15) is 4.79 Å². The van der Waals surface area contributed by atoms with E-state index in [1.165, 1.54) is 12.8 Å². The standard InChI is InChI=1S/C20H23NO/c1-15-9-5-8-14-18(15)21-20(22)19(17-12-6-7-13-17)16-10-3-2-4-11-16/h2-5,8-11,14,17,19H,6-7,12-13H2,1H3,(H,21,22)/t19-/m0/s1. The second kappa shape index (κ2) is 6.78. The zero-order valence-electron chi connectivity index (χ0n) is 13.1. The lowest BCUT2D eigenvalue weighted by Crippen LogP contribution is -2.26. The van der Waals surface area contributed by atoms with Crippen molar-refractivity contribution in [1.29, 1.82) is 0 Å². The van der Waals surface area contributed by atoms with Crippen molar-refractivity contribution in [2.45, 2.75) is 38.5 Å². The summed E-state index contributed by atoms with van der Waals surface area (Å²) in [5, 5.41) is 3.15. The van der Waals surface area contributed by atoms with E-state index in [-0.39, 0.29) is 11.8 Å². The molecule has 114 valence electrons. The first-order valence-corrected chi connectivity index (χ1v) is 8.17. The number of hydrogen-bond acceptors (Lipinski definition) is 1. The monoisotopic (exact) mass is 293 g/mol. The molecule has 2 nitrogen and oxygen atoms in total. The molecule has 1 atom stereocenters. The molecule has 22 heavy (non-hydrogen) atoms. The Bertz CT molecular complexity index is 629. The van der Waals surface area contributed by atoms with Crippen molar-refractivity contribution in [3.8, 4) is 0 Å². The van der Waals surface area contributed by atoms with E-state index >= 15 is 0 Å². The highest BCUT2D eigenvalue weighted by atomic mass is 16.1. The topological polar surface area (TPSA) is 29.1 Å². The zero-order chi connectivity index (χ0) is 15.4. The first kappa shape index (κ1) is 14.8. The first-order chi connectivity index (χ1) is 10.8. The Labute approximate surface area is 132 Å². The van der Waals surface area contributed by atoms with Crippen molar-refractivity contribution in [2.75, 3.05) is 5.32 Å². The van der Waals surface area contributed by atoms with E-state index < -0.39 is 0 Å². The Morgan fingerprint density at radius 2 is 1.64 bits per heavy atom. The van der Waals surface area contributed by atoms with Gasteiger partial charge < -0.3 is 5.32 Å². The van der Waals surface area contributed by atoms with Gasteiger partial charge in [0.05, 0.1) is 5.92 Å². The number of rotatable bonds is 4. The van der Waals surface area contributed by atoms with Gasteiger partial charge in [0.1, 0.15) is 0 Å². The maximum absolute atomic E-state index is 12.9. The highest BCUT2D eigenvalue weighted by molar-refractivity contribution is 5.96. The van der Waals surface area contributed by atoms with Crippen molar-refractivity contribution in [3.05, 3.63) is 65.7 Å². The predicted molar refractivity (Wildman–Crippen MR) is 90.9 cm³/mol. The summed E-state index contributed by atoms with van der Waals surface area (Å²) in [5.74, 6) is 0.558. The van der Waals surface area contributed by atoms with Crippen LogP contribution in [0.2, 0.25) is 0 Å². The van der Waals surface area contributed by atoms with Crippen LogP contribution >= 0.6 is 0 Å². The highest BCUT2D eigenvalue weighted by Crippen LogP contribution is 2.38. The lowest BCUT2D eigenvalue weighted by atomic mass is 9.84. The normalized spacial score (nSPS) is 16.4. The predicted octanol–water partition coefficient (Wildman–Crippen LogP) is 4.91. The SMILES string of the molecule is Cc1ccccc1NC(=O)[C@@H](c1ccccc1)C1CCCC1. The molecule has 1 fully saturated rings. The molecular formula is C20H23NO. The number of anilines is 1. The summed E-state index contributed by atoms with van der Waals surface area (Å²) >= 11 is 0. The third-order valence-electron chi connectivity index (χ3n) is 4.72. The van der Waals surface area contributed by atoms with Gasteiger partial charge in [0.2, 0.25) is 5.91 Å². The van der Waals surface area contributed by atoms with Gasteiger partial charge in [0.25, 0.3) is 0 Å². The summed E-state index contributed by atoms with van der Waals surface area (Å²) < 4.78 is 0. The van der Waals surface area contributed by atoms with Gasteiger partial charge in [-0.05, 0) is 42.9 Å². The summed E-state index contributed by atoms with van der Waals surface area (Å²) in [5.41, 5.74) is 3.17. The largest absolute Gasteiger partial charge is 0.325 e. The van der Waals surface area contributed by atoms with Crippen molar-refractivity contribution < 1.29 is 4.79 Å². The summed E-state index contributed by atoms with van der Waals surface area (Å²) in [6, 6.07) is 18.2. The average Bonchev–Trinajstić information content (AvgIpc) is 3.05. The number of amides is 1. The van der Waals surface area contributed by atoms with E-state index in [0.717, 1.165) is 29.7 Å². The summed E-state index contributed by atoms with van der Waals surface area (Å²) in [6.07, 6.45) is 4.79. The number of carbonyl (C=O) groups is 1. The van der Waals surface area contributed by atoms with Crippen LogP contribution < -0.4 is 5.32 Å². The molecule has 1 aliphatic carbocycles. The van der Waals surface area contributed by atoms with Crippen LogP contribution in [-0.4, -0.2) is 5.91 Å². The van der Waals surface area contributed by atoms with Crippen LogP contribution in [0, 0.1) is 12.8 Å². The molecule has 3 rings (SSSR count). The molecule has 2 aromatic rings. The second-order valence-corrected chi connectivity index (χ2v) is 6.24. The number of aryl methyl sites for hydroxylation is 1. The molecule has 0 bridgehead atoms. The van der Waals surface area contributed by atoms with Gasteiger partial charge in [-0.2, -0.15) is 0 Å². The van der Waals surface area contributed by atoms with Crippen LogP contribution in [0.15, 0.2) is 54.6 Å². The Balaban J connectivity index is 1.85. The number of para-hydroxylation sites is 1. The lowest BCUT2D eigenvalue weighted by molar-refractivity contribution is -0.118. The quantitative estimate of drug-likeness (QED) is 0.852. The van der Waals surface area contributed by atoms with Gasteiger partial charge in [-0.1, -0.05) is 61.4 Å². The molecule has 0 aliphatic heterocycles. The first-order valence-electron chi connectivity index (χ1n) is 8.17. The Kier molecular flexibility index (Phi) is 4.57. The van der Waals surface area contributed by atoms with Gasteiger partial charge >= 0.3 is 0 Å². The zero-order valence-corrected chi connectivity index (χ0v) is 13.1. The molecule has 0 aromatic heterocycles. The van der Waals surface area contributed by atoms with Crippen LogP contribution in [0.3, 0.4) is 0 Å². The minimum absolute atomic E-state index is 0.0386. The average molecular weight is 293 g/mol. The Morgan fingerprint density at radius 1 is 1.00 bits per heavy atom. The van der Waals surface area contributed by atoms with E-state index in [1.807, 2.05) is 49.4 Å². The van der Waals surface area contributed by atoms with E-state index in [1.54, 1.807) is 0 Å². The molecule has 2 heteroatoms. The summed E-state index contributed by atoms with van der Waals surface area (Å²) in [6.45, 7) is 2.03. The molecule has 0 heterocycles.